The van der Waals surface area contributed by atoms with E-state index in [4.69, 9.17) is 10.8 Å². The molecule has 0 amide bonds. The molecule has 0 radical (unpaired) electrons. The molecule has 1 fully saturated rings. The van der Waals surface area contributed by atoms with Crippen LogP contribution in [0.2, 0.25) is 0 Å². The van der Waals surface area contributed by atoms with Gasteiger partial charge in [-0.25, -0.2) is 4.39 Å². The van der Waals surface area contributed by atoms with Crippen LogP contribution in [0.4, 0.5) is 4.39 Å². The van der Waals surface area contributed by atoms with E-state index in [1.165, 1.54) is 0 Å². The summed E-state index contributed by atoms with van der Waals surface area (Å²) in [6.45, 7) is 0. The molecule has 0 aromatic heterocycles. The van der Waals surface area contributed by atoms with Gasteiger partial charge in [0.15, 0.2) is 0 Å². The van der Waals surface area contributed by atoms with Gasteiger partial charge in [-0.05, 0) is 38.0 Å². The normalized spacial score (nSPS) is 31.2. The van der Waals surface area contributed by atoms with Crippen LogP contribution in [0.1, 0.15) is 32.1 Å². The lowest BCUT2D eigenvalue weighted by Gasteiger charge is -2.25. The van der Waals surface area contributed by atoms with Crippen LogP contribution in [-0.2, 0) is 4.79 Å². The lowest BCUT2D eigenvalue weighted by atomic mass is 9.84. The number of aliphatic carboxylic acids is 1. The summed E-state index contributed by atoms with van der Waals surface area (Å²) >= 11 is 0. The van der Waals surface area contributed by atoms with Gasteiger partial charge in [0.1, 0.15) is 12.2 Å². The molecule has 1 rings (SSSR count). The molecular weight excluding hydrogens is 173 g/mol. The summed E-state index contributed by atoms with van der Waals surface area (Å²) in [5.41, 5.74) is 5.39. The first kappa shape index (κ1) is 10.4. The molecule has 0 bridgehead atoms. The minimum absolute atomic E-state index is 0.304. The number of carbonyl (C=O) groups is 1. The predicted molar refractivity (Wildman–Crippen MR) is 47.1 cm³/mol. The Morgan fingerprint density at radius 3 is 2.46 bits per heavy atom. The van der Waals surface area contributed by atoms with Crippen molar-refractivity contribution in [3.8, 4) is 0 Å². The van der Waals surface area contributed by atoms with Gasteiger partial charge in [-0.2, -0.15) is 0 Å². The van der Waals surface area contributed by atoms with Crippen molar-refractivity contribution >= 4 is 5.97 Å². The zero-order valence-electron chi connectivity index (χ0n) is 7.58. The van der Waals surface area contributed by atoms with Crippen LogP contribution >= 0.6 is 0 Å². The smallest absolute Gasteiger partial charge is 0.320 e. The van der Waals surface area contributed by atoms with Crippen LogP contribution in [-0.4, -0.2) is 23.3 Å². The first-order valence-corrected chi connectivity index (χ1v) is 4.72. The highest BCUT2D eigenvalue weighted by atomic mass is 19.1. The summed E-state index contributed by atoms with van der Waals surface area (Å²) < 4.78 is 12.7. The van der Waals surface area contributed by atoms with E-state index in [0.717, 1.165) is 12.8 Å². The van der Waals surface area contributed by atoms with Gasteiger partial charge in [-0.15, -0.1) is 0 Å². The van der Waals surface area contributed by atoms with Crippen molar-refractivity contribution in [2.75, 3.05) is 0 Å². The molecule has 0 aromatic rings. The van der Waals surface area contributed by atoms with Crippen LogP contribution in [0, 0.1) is 5.92 Å². The van der Waals surface area contributed by atoms with E-state index in [-0.39, 0.29) is 0 Å². The third-order valence-electron chi connectivity index (χ3n) is 2.68. The Balaban J connectivity index is 2.26. The van der Waals surface area contributed by atoms with Crippen molar-refractivity contribution in [1.29, 1.82) is 0 Å². The van der Waals surface area contributed by atoms with Crippen LogP contribution < -0.4 is 5.73 Å². The first-order chi connectivity index (χ1) is 6.09. The van der Waals surface area contributed by atoms with E-state index < -0.39 is 18.2 Å². The number of nitrogens with two attached hydrogens (primary N) is 1. The highest BCUT2D eigenvalue weighted by Gasteiger charge is 2.24. The van der Waals surface area contributed by atoms with E-state index in [1.54, 1.807) is 0 Å². The van der Waals surface area contributed by atoms with E-state index in [1.807, 2.05) is 0 Å². The molecule has 1 unspecified atom stereocenters. The van der Waals surface area contributed by atoms with Gasteiger partial charge in [-0.3, -0.25) is 4.79 Å². The predicted octanol–water partition coefficient (Wildman–Crippen LogP) is 1.32. The molecule has 1 atom stereocenters. The van der Waals surface area contributed by atoms with Gasteiger partial charge in [0.2, 0.25) is 0 Å². The Morgan fingerprint density at radius 2 is 2.00 bits per heavy atom. The summed E-state index contributed by atoms with van der Waals surface area (Å²) in [7, 11) is 0. The number of carboxylic acid groups (broad SMARTS) is 1. The molecule has 4 heteroatoms. The van der Waals surface area contributed by atoms with Crippen LogP contribution in [0.25, 0.3) is 0 Å². The quantitative estimate of drug-likeness (QED) is 0.703. The number of alkyl halides is 1. The average molecular weight is 189 g/mol. The van der Waals surface area contributed by atoms with E-state index >= 15 is 0 Å². The fraction of sp³-hybridized carbons (Fsp3) is 0.889. The number of carboxylic acids is 1. The second-order valence-corrected chi connectivity index (χ2v) is 3.80. The highest BCUT2D eigenvalue weighted by Crippen LogP contribution is 2.28. The zero-order valence-corrected chi connectivity index (χ0v) is 7.58. The summed E-state index contributed by atoms with van der Waals surface area (Å²) in [4.78, 5) is 10.4. The van der Waals surface area contributed by atoms with Crippen LogP contribution in [0.5, 0.6) is 0 Å². The second kappa shape index (κ2) is 4.56. The van der Waals surface area contributed by atoms with Gasteiger partial charge < -0.3 is 10.8 Å². The summed E-state index contributed by atoms with van der Waals surface area (Å²) in [5.74, 6) is -0.652. The molecule has 13 heavy (non-hydrogen) atoms. The monoisotopic (exact) mass is 189 g/mol. The molecule has 0 spiro atoms. The van der Waals surface area contributed by atoms with Crippen molar-refractivity contribution in [3.63, 3.8) is 0 Å². The van der Waals surface area contributed by atoms with Crippen LogP contribution in [0.15, 0.2) is 0 Å². The topological polar surface area (TPSA) is 63.3 Å². The Bertz CT molecular complexity index is 178. The van der Waals surface area contributed by atoms with Gasteiger partial charge >= 0.3 is 5.97 Å². The standard InChI is InChI=1S/C9H16FNO2/c10-7-3-1-6(2-4-7)5-8(11)9(12)13/h6-8H,1-5,11H2,(H,12,13). The number of hydrogen-bond acceptors (Lipinski definition) is 2. The third kappa shape index (κ3) is 3.30. The van der Waals surface area contributed by atoms with Crippen molar-refractivity contribution in [3.05, 3.63) is 0 Å². The van der Waals surface area contributed by atoms with Crippen molar-refractivity contribution in [2.45, 2.75) is 44.3 Å². The Morgan fingerprint density at radius 1 is 1.46 bits per heavy atom. The molecule has 3 nitrogen and oxygen atoms in total. The summed E-state index contributed by atoms with van der Waals surface area (Å²) in [6, 6.07) is -0.777. The van der Waals surface area contributed by atoms with Crippen LogP contribution in [0.3, 0.4) is 0 Å². The molecular formula is C9H16FNO2. The molecule has 0 aliphatic heterocycles. The fourth-order valence-corrected chi connectivity index (χ4v) is 1.82. The zero-order chi connectivity index (χ0) is 9.84. The molecule has 3 N–H and O–H groups in total. The van der Waals surface area contributed by atoms with Crippen molar-refractivity contribution < 1.29 is 14.3 Å². The highest BCUT2D eigenvalue weighted by molar-refractivity contribution is 5.73. The van der Waals surface area contributed by atoms with Gasteiger partial charge in [-0.1, -0.05) is 0 Å². The molecule has 1 aliphatic rings. The first-order valence-electron chi connectivity index (χ1n) is 4.72. The van der Waals surface area contributed by atoms with E-state index in [9.17, 15) is 9.18 Å². The van der Waals surface area contributed by atoms with E-state index in [0.29, 0.717) is 25.2 Å². The number of hydrogen-bond donors (Lipinski definition) is 2. The Labute approximate surface area is 77.1 Å². The molecule has 1 saturated carbocycles. The molecule has 76 valence electrons. The van der Waals surface area contributed by atoms with E-state index in [2.05, 4.69) is 0 Å². The van der Waals surface area contributed by atoms with Gasteiger partial charge in [0.05, 0.1) is 0 Å². The molecule has 0 saturated heterocycles. The average Bonchev–Trinajstić information content (AvgIpc) is 2.08. The minimum Gasteiger partial charge on any atom is -0.480 e. The fourth-order valence-electron chi connectivity index (χ4n) is 1.82. The third-order valence-corrected chi connectivity index (χ3v) is 2.68. The van der Waals surface area contributed by atoms with Gasteiger partial charge in [0, 0.05) is 0 Å². The maximum Gasteiger partial charge on any atom is 0.320 e. The largest absolute Gasteiger partial charge is 0.480 e. The van der Waals surface area contributed by atoms with Gasteiger partial charge in [0.25, 0.3) is 0 Å². The summed E-state index contributed by atoms with van der Waals surface area (Å²) in [5, 5.41) is 8.57. The summed E-state index contributed by atoms with van der Waals surface area (Å²) in [6.07, 6.45) is 2.50. The SMILES string of the molecule is NC(CC1CCC(F)CC1)C(=O)O. The second-order valence-electron chi connectivity index (χ2n) is 3.80. The van der Waals surface area contributed by atoms with Crippen molar-refractivity contribution in [1.82, 2.24) is 0 Å². The van der Waals surface area contributed by atoms with Crippen molar-refractivity contribution in [2.24, 2.45) is 11.7 Å². The minimum atomic E-state index is -0.956. The number of rotatable bonds is 3. The number of halogens is 1. The molecule has 0 heterocycles. The lowest BCUT2D eigenvalue weighted by Crippen LogP contribution is -2.33. The lowest BCUT2D eigenvalue weighted by molar-refractivity contribution is -0.139. The maximum atomic E-state index is 12.7. The molecule has 1 aliphatic carbocycles. The Kier molecular flexibility index (Phi) is 3.66. The molecule has 0 aromatic carbocycles. The Hall–Kier alpha value is -0.640. The maximum absolute atomic E-state index is 12.7.